The number of piperidine rings is 1. The fraction of sp³-hybridized carbons (Fsp3) is 0.647. The summed E-state index contributed by atoms with van der Waals surface area (Å²) in [6.45, 7) is 8.24. The van der Waals surface area contributed by atoms with Crippen molar-refractivity contribution in [2.75, 3.05) is 0 Å². The normalized spacial score (nSPS) is 39.2. The summed E-state index contributed by atoms with van der Waals surface area (Å²) in [6.07, 6.45) is 2.63. The van der Waals surface area contributed by atoms with E-state index >= 15 is 0 Å². The van der Waals surface area contributed by atoms with Crippen LogP contribution >= 0.6 is 0 Å². The van der Waals surface area contributed by atoms with E-state index in [1.54, 1.807) is 0 Å². The molecule has 1 aromatic rings. The van der Waals surface area contributed by atoms with Crippen molar-refractivity contribution in [1.29, 1.82) is 0 Å². The molecule has 1 aromatic carbocycles. The number of likely N-dealkylation sites (tertiary alicyclic amines) is 1. The van der Waals surface area contributed by atoms with Crippen LogP contribution in [0.25, 0.3) is 0 Å². The topological polar surface area (TPSA) is 15.3 Å². The Kier molecular flexibility index (Phi) is 3.64. The van der Waals surface area contributed by atoms with Crippen LogP contribution in [-0.4, -0.2) is 29.1 Å². The quantitative estimate of drug-likeness (QED) is 0.877. The molecule has 2 heterocycles. The van der Waals surface area contributed by atoms with Crippen LogP contribution in [0.1, 0.15) is 39.2 Å². The predicted octanol–water partition coefficient (Wildman–Crippen LogP) is 3.04. The lowest BCUT2D eigenvalue weighted by Crippen LogP contribution is -2.54. The van der Waals surface area contributed by atoms with Gasteiger partial charge in [0, 0.05) is 30.7 Å². The third-order valence-electron chi connectivity index (χ3n) is 5.15. The lowest BCUT2D eigenvalue weighted by molar-refractivity contribution is 0.0426. The largest absolute Gasteiger partial charge is 0.311 e. The highest BCUT2D eigenvalue weighted by atomic mass is 15.2. The number of hydrogen-bond donors (Lipinski definition) is 1. The van der Waals surface area contributed by atoms with E-state index in [0.29, 0.717) is 18.1 Å². The molecule has 1 N–H and O–H groups in total. The first-order valence-electron chi connectivity index (χ1n) is 7.71. The number of fused-ring (bicyclic) bond motifs is 1. The van der Waals surface area contributed by atoms with E-state index in [0.717, 1.165) is 18.5 Å². The van der Waals surface area contributed by atoms with Crippen LogP contribution < -0.4 is 5.32 Å². The summed E-state index contributed by atoms with van der Waals surface area (Å²) < 4.78 is 0. The monoisotopic (exact) mass is 258 g/mol. The standard InChI is InChI=1S/C17H26N2/c1-12-9-16-14(3)19(13(2)10-17(16)18-12)11-15-7-5-4-6-8-15/h4-8,12-14,16-18H,9-11H2,1-3H3. The Balaban J connectivity index is 1.74. The maximum Gasteiger partial charge on any atom is 0.0239 e. The summed E-state index contributed by atoms with van der Waals surface area (Å²) in [5.74, 6) is 0.829. The van der Waals surface area contributed by atoms with E-state index in [2.05, 4.69) is 61.3 Å². The lowest BCUT2D eigenvalue weighted by atomic mass is 9.82. The van der Waals surface area contributed by atoms with Crippen molar-refractivity contribution in [3.05, 3.63) is 35.9 Å². The molecule has 0 aliphatic carbocycles. The zero-order valence-corrected chi connectivity index (χ0v) is 12.3. The van der Waals surface area contributed by atoms with E-state index in [-0.39, 0.29) is 0 Å². The number of benzene rings is 1. The molecule has 2 aliphatic rings. The molecule has 2 nitrogen and oxygen atoms in total. The van der Waals surface area contributed by atoms with E-state index in [4.69, 9.17) is 0 Å². The fourth-order valence-electron chi connectivity index (χ4n) is 4.15. The second-order valence-electron chi connectivity index (χ2n) is 6.56. The van der Waals surface area contributed by atoms with E-state index in [1.807, 2.05) is 0 Å². The zero-order valence-electron chi connectivity index (χ0n) is 12.3. The molecule has 5 atom stereocenters. The molecule has 2 heteroatoms. The summed E-state index contributed by atoms with van der Waals surface area (Å²) in [6, 6.07) is 13.7. The van der Waals surface area contributed by atoms with Crippen molar-refractivity contribution >= 4 is 0 Å². The lowest BCUT2D eigenvalue weighted by Gasteiger charge is -2.45. The number of rotatable bonds is 2. The van der Waals surface area contributed by atoms with Crippen molar-refractivity contribution in [2.24, 2.45) is 5.92 Å². The number of hydrogen-bond acceptors (Lipinski definition) is 2. The molecule has 0 amide bonds. The van der Waals surface area contributed by atoms with Crippen molar-refractivity contribution in [2.45, 2.75) is 64.3 Å². The molecular formula is C17H26N2. The van der Waals surface area contributed by atoms with Gasteiger partial charge in [0.2, 0.25) is 0 Å². The molecule has 0 bridgehead atoms. The Labute approximate surface area is 117 Å². The van der Waals surface area contributed by atoms with Gasteiger partial charge in [0.25, 0.3) is 0 Å². The SMILES string of the molecule is CC1CC2C(CC(C)N(Cc3ccccc3)C2C)N1. The maximum atomic E-state index is 3.77. The first-order chi connectivity index (χ1) is 9.15. The molecule has 0 radical (unpaired) electrons. The van der Waals surface area contributed by atoms with Crippen LogP contribution in [0, 0.1) is 5.92 Å². The van der Waals surface area contributed by atoms with Crippen LogP contribution in [0.5, 0.6) is 0 Å². The average molecular weight is 258 g/mol. The summed E-state index contributed by atoms with van der Waals surface area (Å²) in [5, 5.41) is 3.77. The third kappa shape index (κ3) is 2.56. The third-order valence-corrected chi connectivity index (χ3v) is 5.15. The summed E-state index contributed by atoms with van der Waals surface area (Å²) >= 11 is 0. The van der Waals surface area contributed by atoms with Crippen molar-refractivity contribution < 1.29 is 0 Å². The molecule has 2 aliphatic heterocycles. The fourth-order valence-corrected chi connectivity index (χ4v) is 4.15. The second-order valence-corrected chi connectivity index (χ2v) is 6.56. The minimum absolute atomic E-state index is 0.675. The molecule has 19 heavy (non-hydrogen) atoms. The molecule has 104 valence electrons. The van der Waals surface area contributed by atoms with Crippen LogP contribution in [-0.2, 0) is 6.54 Å². The Morgan fingerprint density at radius 2 is 1.84 bits per heavy atom. The zero-order chi connectivity index (χ0) is 13.4. The minimum Gasteiger partial charge on any atom is -0.311 e. The summed E-state index contributed by atoms with van der Waals surface area (Å²) in [4.78, 5) is 2.70. The van der Waals surface area contributed by atoms with Crippen molar-refractivity contribution in [3.63, 3.8) is 0 Å². The van der Waals surface area contributed by atoms with Gasteiger partial charge in [0.05, 0.1) is 0 Å². The Morgan fingerprint density at radius 3 is 2.58 bits per heavy atom. The molecule has 0 saturated carbocycles. The molecule has 2 fully saturated rings. The van der Waals surface area contributed by atoms with Crippen LogP contribution in [0.4, 0.5) is 0 Å². The predicted molar refractivity (Wildman–Crippen MR) is 80.0 cm³/mol. The molecular weight excluding hydrogens is 232 g/mol. The minimum atomic E-state index is 0.675. The van der Waals surface area contributed by atoms with Gasteiger partial charge in [-0.3, -0.25) is 4.90 Å². The second kappa shape index (κ2) is 5.26. The maximum absolute atomic E-state index is 3.77. The van der Waals surface area contributed by atoms with Gasteiger partial charge in [0.1, 0.15) is 0 Å². The Hall–Kier alpha value is -0.860. The van der Waals surface area contributed by atoms with Gasteiger partial charge < -0.3 is 5.32 Å². The van der Waals surface area contributed by atoms with Gasteiger partial charge in [0.15, 0.2) is 0 Å². The summed E-state index contributed by atoms with van der Waals surface area (Å²) in [7, 11) is 0. The van der Waals surface area contributed by atoms with Crippen LogP contribution in [0.2, 0.25) is 0 Å². The molecule has 3 rings (SSSR count). The van der Waals surface area contributed by atoms with E-state index < -0.39 is 0 Å². The molecule has 2 saturated heterocycles. The Bertz CT molecular complexity index is 417. The van der Waals surface area contributed by atoms with Gasteiger partial charge in [-0.2, -0.15) is 0 Å². The average Bonchev–Trinajstić information content (AvgIpc) is 2.76. The smallest absolute Gasteiger partial charge is 0.0239 e. The number of nitrogens with zero attached hydrogens (tertiary/aromatic N) is 1. The van der Waals surface area contributed by atoms with Crippen molar-refractivity contribution in [3.8, 4) is 0 Å². The molecule has 5 unspecified atom stereocenters. The molecule has 0 aromatic heterocycles. The number of nitrogens with one attached hydrogen (secondary N) is 1. The highest BCUT2D eigenvalue weighted by molar-refractivity contribution is 5.15. The van der Waals surface area contributed by atoms with Crippen LogP contribution in [0.15, 0.2) is 30.3 Å². The van der Waals surface area contributed by atoms with Crippen molar-refractivity contribution in [1.82, 2.24) is 10.2 Å². The first kappa shape index (κ1) is 13.1. The van der Waals surface area contributed by atoms with Gasteiger partial charge in [-0.05, 0) is 45.1 Å². The van der Waals surface area contributed by atoms with Gasteiger partial charge >= 0.3 is 0 Å². The molecule has 0 spiro atoms. The van der Waals surface area contributed by atoms with E-state index in [1.165, 1.54) is 18.4 Å². The Morgan fingerprint density at radius 1 is 1.11 bits per heavy atom. The van der Waals surface area contributed by atoms with E-state index in [9.17, 15) is 0 Å². The van der Waals surface area contributed by atoms with Crippen LogP contribution in [0.3, 0.4) is 0 Å². The van der Waals surface area contributed by atoms with Gasteiger partial charge in [-0.15, -0.1) is 0 Å². The first-order valence-corrected chi connectivity index (χ1v) is 7.71. The van der Waals surface area contributed by atoms with Gasteiger partial charge in [-0.1, -0.05) is 30.3 Å². The highest BCUT2D eigenvalue weighted by Crippen LogP contribution is 2.36. The highest BCUT2D eigenvalue weighted by Gasteiger charge is 2.43. The summed E-state index contributed by atoms with van der Waals surface area (Å²) in [5.41, 5.74) is 1.44. The van der Waals surface area contributed by atoms with Gasteiger partial charge in [-0.25, -0.2) is 0 Å².